The maximum absolute atomic E-state index is 12.2. The standard InChI is InChI=1S/C15H23N3O3/c1-11-13(17-8-7-16-11)20-10-12-6-5-9-18(12)14(19)21-15(2,3)4/h7-8,12H,5-6,9-10H2,1-4H3/t12-/m1/s1. The molecule has 2 rings (SSSR count). The molecule has 1 aliphatic rings. The van der Waals surface area contributed by atoms with Gasteiger partial charge in [-0.3, -0.25) is 4.98 Å². The molecule has 1 amide bonds. The molecule has 116 valence electrons. The molecule has 0 N–H and O–H groups in total. The lowest BCUT2D eigenvalue weighted by Crippen LogP contribution is -2.42. The molecule has 21 heavy (non-hydrogen) atoms. The smallest absolute Gasteiger partial charge is 0.410 e. The predicted octanol–water partition coefficient (Wildman–Crippen LogP) is 2.56. The predicted molar refractivity (Wildman–Crippen MR) is 78.2 cm³/mol. The molecule has 1 aromatic rings. The van der Waals surface area contributed by atoms with E-state index in [4.69, 9.17) is 9.47 Å². The van der Waals surface area contributed by atoms with Crippen LogP contribution in [0.15, 0.2) is 12.4 Å². The summed E-state index contributed by atoms with van der Waals surface area (Å²) in [6.45, 7) is 8.59. The molecule has 0 unspecified atom stereocenters. The number of nitrogens with zero attached hydrogens (tertiary/aromatic N) is 3. The monoisotopic (exact) mass is 293 g/mol. The van der Waals surface area contributed by atoms with Crippen molar-refractivity contribution >= 4 is 6.09 Å². The summed E-state index contributed by atoms with van der Waals surface area (Å²) in [6.07, 6.45) is 4.84. The molecular weight excluding hydrogens is 270 g/mol. The third-order valence-electron chi connectivity index (χ3n) is 3.25. The van der Waals surface area contributed by atoms with Crippen molar-refractivity contribution in [3.63, 3.8) is 0 Å². The third-order valence-corrected chi connectivity index (χ3v) is 3.25. The average Bonchev–Trinajstić information content (AvgIpc) is 2.84. The van der Waals surface area contributed by atoms with Crippen LogP contribution in [0.3, 0.4) is 0 Å². The quantitative estimate of drug-likeness (QED) is 0.857. The molecule has 0 saturated carbocycles. The summed E-state index contributed by atoms with van der Waals surface area (Å²) in [5, 5.41) is 0. The number of aromatic nitrogens is 2. The van der Waals surface area contributed by atoms with Crippen LogP contribution in [0.2, 0.25) is 0 Å². The van der Waals surface area contributed by atoms with Crippen LogP contribution in [-0.4, -0.2) is 45.8 Å². The molecule has 1 atom stereocenters. The minimum atomic E-state index is -0.480. The lowest BCUT2D eigenvalue weighted by atomic mass is 10.2. The first-order valence-corrected chi connectivity index (χ1v) is 7.27. The van der Waals surface area contributed by atoms with Gasteiger partial charge in [0.2, 0.25) is 5.88 Å². The van der Waals surface area contributed by atoms with Gasteiger partial charge in [-0.25, -0.2) is 9.78 Å². The van der Waals surface area contributed by atoms with Gasteiger partial charge in [-0.2, -0.15) is 0 Å². The van der Waals surface area contributed by atoms with Crippen LogP contribution in [-0.2, 0) is 4.74 Å². The summed E-state index contributed by atoms with van der Waals surface area (Å²) < 4.78 is 11.1. The zero-order valence-electron chi connectivity index (χ0n) is 13.1. The van der Waals surface area contributed by atoms with Gasteiger partial charge in [0.25, 0.3) is 0 Å². The minimum Gasteiger partial charge on any atom is -0.474 e. The van der Waals surface area contributed by atoms with E-state index in [2.05, 4.69) is 9.97 Å². The number of carbonyl (C=O) groups is 1. The number of hydrogen-bond donors (Lipinski definition) is 0. The molecule has 1 fully saturated rings. The fourth-order valence-corrected chi connectivity index (χ4v) is 2.28. The first-order chi connectivity index (χ1) is 9.87. The topological polar surface area (TPSA) is 64.6 Å². The Labute approximate surface area is 125 Å². The highest BCUT2D eigenvalue weighted by Gasteiger charge is 2.32. The molecule has 0 bridgehead atoms. The van der Waals surface area contributed by atoms with Crippen LogP contribution in [0, 0.1) is 6.92 Å². The summed E-state index contributed by atoms with van der Waals surface area (Å²) in [7, 11) is 0. The molecule has 0 spiro atoms. The van der Waals surface area contributed by atoms with Crippen molar-refractivity contribution in [3.8, 4) is 5.88 Å². The van der Waals surface area contributed by atoms with Crippen molar-refractivity contribution in [3.05, 3.63) is 18.1 Å². The van der Waals surface area contributed by atoms with E-state index < -0.39 is 5.60 Å². The number of hydrogen-bond acceptors (Lipinski definition) is 5. The Morgan fingerprint density at radius 3 is 2.76 bits per heavy atom. The molecule has 6 heteroatoms. The number of rotatable bonds is 3. The van der Waals surface area contributed by atoms with Gasteiger partial charge in [-0.05, 0) is 40.5 Å². The first-order valence-electron chi connectivity index (χ1n) is 7.27. The molecule has 0 radical (unpaired) electrons. The van der Waals surface area contributed by atoms with Crippen LogP contribution in [0.1, 0.15) is 39.3 Å². The van der Waals surface area contributed by atoms with Gasteiger partial charge in [0.15, 0.2) is 0 Å². The van der Waals surface area contributed by atoms with Gasteiger partial charge in [-0.1, -0.05) is 0 Å². The highest BCUT2D eigenvalue weighted by Crippen LogP contribution is 2.22. The normalized spacial score (nSPS) is 18.7. The molecule has 1 aromatic heterocycles. The zero-order chi connectivity index (χ0) is 15.5. The second kappa shape index (κ2) is 6.28. The highest BCUT2D eigenvalue weighted by atomic mass is 16.6. The number of ether oxygens (including phenoxy) is 2. The van der Waals surface area contributed by atoms with E-state index in [1.807, 2.05) is 27.7 Å². The fourth-order valence-electron chi connectivity index (χ4n) is 2.28. The van der Waals surface area contributed by atoms with E-state index in [1.165, 1.54) is 0 Å². The summed E-state index contributed by atoms with van der Waals surface area (Å²) in [6, 6.07) is 0.0289. The van der Waals surface area contributed by atoms with Crippen molar-refractivity contribution < 1.29 is 14.3 Å². The second-order valence-corrected chi connectivity index (χ2v) is 6.23. The van der Waals surface area contributed by atoms with Crippen molar-refractivity contribution in [2.75, 3.05) is 13.2 Å². The molecule has 1 saturated heterocycles. The largest absolute Gasteiger partial charge is 0.474 e. The Balaban J connectivity index is 1.93. The lowest BCUT2D eigenvalue weighted by molar-refractivity contribution is 0.0185. The summed E-state index contributed by atoms with van der Waals surface area (Å²) >= 11 is 0. The van der Waals surface area contributed by atoms with Gasteiger partial charge in [0.05, 0.1) is 11.7 Å². The molecule has 1 aliphatic heterocycles. The summed E-state index contributed by atoms with van der Waals surface area (Å²) in [5.74, 6) is 0.522. The average molecular weight is 293 g/mol. The Bertz CT molecular complexity index is 499. The Morgan fingerprint density at radius 2 is 2.10 bits per heavy atom. The van der Waals surface area contributed by atoms with Gasteiger partial charge >= 0.3 is 6.09 Å². The first kappa shape index (κ1) is 15.5. The van der Waals surface area contributed by atoms with Crippen LogP contribution >= 0.6 is 0 Å². The highest BCUT2D eigenvalue weighted by molar-refractivity contribution is 5.69. The molecule has 2 heterocycles. The summed E-state index contributed by atoms with van der Waals surface area (Å²) in [4.78, 5) is 22.2. The van der Waals surface area contributed by atoms with Crippen LogP contribution in [0.5, 0.6) is 5.88 Å². The van der Waals surface area contributed by atoms with E-state index in [0.29, 0.717) is 19.0 Å². The Morgan fingerprint density at radius 1 is 1.38 bits per heavy atom. The van der Waals surface area contributed by atoms with Crippen LogP contribution in [0.4, 0.5) is 4.79 Å². The summed E-state index contributed by atoms with van der Waals surface area (Å²) in [5.41, 5.74) is 0.270. The van der Waals surface area contributed by atoms with Crippen molar-refractivity contribution in [2.24, 2.45) is 0 Å². The van der Waals surface area contributed by atoms with Crippen LogP contribution < -0.4 is 4.74 Å². The molecular formula is C15H23N3O3. The Kier molecular flexibility index (Phi) is 4.65. The van der Waals surface area contributed by atoms with Crippen molar-refractivity contribution in [1.29, 1.82) is 0 Å². The number of carbonyl (C=O) groups excluding carboxylic acids is 1. The van der Waals surface area contributed by atoms with E-state index >= 15 is 0 Å². The zero-order valence-corrected chi connectivity index (χ0v) is 13.1. The molecule has 0 aliphatic carbocycles. The van der Waals surface area contributed by atoms with Gasteiger partial charge in [0, 0.05) is 18.9 Å². The van der Waals surface area contributed by atoms with Crippen LogP contribution in [0.25, 0.3) is 0 Å². The lowest BCUT2D eigenvalue weighted by Gasteiger charge is -2.28. The molecule has 6 nitrogen and oxygen atoms in total. The number of likely N-dealkylation sites (tertiary alicyclic amines) is 1. The van der Waals surface area contributed by atoms with Gasteiger partial charge < -0.3 is 14.4 Å². The van der Waals surface area contributed by atoms with E-state index in [1.54, 1.807) is 17.3 Å². The number of aryl methyl sites for hydroxylation is 1. The van der Waals surface area contributed by atoms with Crippen molar-refractivity contribution in [1.82, 2.24) is 14.9 Å². The van der Waals surface area contributed by atoms with E-state index in [9.17, 15) is 4.79 Å². The maximum Gasteiger partial charge on any atom is 0.410 e. The second-order valence-electron chi connectivity index (χ2n) is 6.23. The SMILES string of the molecule is Cc1nccnc1OC[C@H]1CCCN1C(=O)OC(C)(C)C. The maximum atomic E-state index is 12.2. The Hall–Kier alpha value is -1.85. The van der Waals surface area contributed by atoms with Gasteiger partial charge in [0.1, 0.15) is 12.2 Å². The molecule has 0 aromatic carbocycles. The van der Waals surface area contributed by atoms with Crippen molar-refractivity contribution in [2.45, 2.75) is 52.2 Å². The fraction of sp³-hybridized carbons (Fsp3) is 0.667. The van der Waals surface area contributed by atoms with Gasteiger partial charge in [-0.15, -0.1) is 0 Å². The van der Waals surface area contributed by atoms with E-state index in [-0.39, 0.29) is 12.1 Å². The number of amides is 1. The van der Waals surface area contributed by atoms with E-state index in [0.717, 1.165) is 18.5 Å². The minimum absolute atomic E-state index is 0.0289. The third kappa shape index (κ3) is 4.31.